The number of ether oxygens (including phenoxy) is 2. The smallest absolute Gasteiger partial charge is 0.265 e. The molecule has 0 unspecified atom stereocenters. The standard InChI is InChI=1S/C28H31N3O5S/c1-15(2)27-29-16(3)26(37-27)28(34)31-13-19-18-7-9-22(35-4)24(12-18)36-23-11-17(5-8-21(23)32)6-10-25(33)30-20(19)14-31/h5,7-9,11-12,15,19-20,32H,6,10,13-14H2,1-4H3,(H,30,33)/t19-,20+/m0/s1. The topological polar surface area (TPSA) is 101 Å². The summed E-state index contributed by atoms with van der Waals surface area (Å²) in [7, 11) is 1.56. The van der Waals surface area contributed by atoms with Crippen molar-refractivity contribution in [3.8, 4) is 23.0 Å². The number of amides is 2. The number of phenolic OH excluding ortho intramolecular Hbond substituents is 1. The molecular formula is C28H31N3O5S. The highest BCUT2D eigenvalue weighted by Gasteiger charge is 2.39. The zero-order valence-electron chi connectivity index (χ0n) is 21.4. The summed E-state index contributed by atoms with van der Waals surface area (Å²) in [5.41, 5.74) is 2.53. The highest BCUT2D eigenvalue weighted by molar-refractivity contribution is 7.13. The number of phenols is 1. The predicted molar refractivity (Wildman–Crippen MR) is 141 cm³/mol. The molecule has 2 amide bonds. The molecule has 0 saturated carbocycles. The SMILES string of the molecule is COc1ccc2cc1Oc1cc(ccc1O)CCC(=O)N[C@@H]1CN(C(=O)c3sc(C(C)C)nc3C)C[C@@H]21. The van der Waals surface area contributed by atoms with Crippen molar-refractivity contribution in [3.05, 3.63) is 63.1 Å². The van der Waals surface area contributed by atoms with E-state index in [1.165, 1.54) is 11.3 Å². The third-order valence-electron chi connectivity index (χ3n) is 6.96. The number of hydrogen-bond donors (Lipinski definition) is 2. The molecule has 8 nitrogen and oxygen atoms in total. The van der Waals surface area contributed by atoms with E-state index in [1.54, 1.807) is 25.3 Å². The Bertz CT molecular complexity index is 1350. The molecule has 0 radical (unpaired) electrons. The van der Waals surface area contributed by atoms with Gasteiger partial charge in [0.1, 0.15) is 4.88 Å². The fourth-order valence-electron chi connectivity index (χ4n) is 4.91. The van der Waals surface area contributed by atoms with Crippen LogP contribution in [0.1, 0.15) is 63.6 Å². The lowest BCUT2D eigenvalue weighted by molar-refractivity contribution is -0.121. The van der Waals surface area contributed by atoms with Gasteiger partial charge in [0.25, 0.3) is 5.91 Å². The van der Waals surface area contributed by atoms with Crippen LogP contribution in [-0.2, 0) is 11.2 Å². The van der Waals surface area contributed by atoms with Gasteiger partial charge in [-0.2, -0.15) is 0 Å². The first-order chi connectivity index (χ1) is 17.7. The van der Waals surface area contributed by atoms with Gasteiger partial charge in [0.05, 0.1) is 23.9 Å². The molecule has 9 heteroatoms. The van der Waals surface area contributed by atoms with Crippen LogP contribution in [0.5, 0.6) is 23.0 Å². The van der Waals surface area contributed by atoms with E-state index in [4.69, 9.17) is 9.47 Å². The predicted octanol–water partition coefficient (Wildman–Crippen LogP) is 4.75. The molecule has 1 fully saturated rings. The molecule has 194 valence electrons. The summed E-state index contributed by atoms with van der Waals surface area (Å²) in [4.78, 5) is 33.6. The van der Waals surface area contributed by atoms with Gasteiger partial charge >= 0.3 is 0 Å². The number of likely N-dealkylation sites (tertiary alicyclic amines) is 1. The van der Waals surface area contributed by atoms with Crippen LogP contribution in [-0.4, -0.2) is 53.0 Å². The lowest BCUT2D eigenvalue weighted by atomic mass is 9.93. The summed E-state index contributed by atoms with van der Waals surface area (Å²) in [5.74, 6) is 1.26. The van der Waals surface area contributed by atoms with E-state index in [-0.39, 0.29) is 41.9 Å². The van der Waals surface area contributed by atoms with Crippen molar-refractivity contribution in [3.63, 3.8) is 0 Å². The molecule has 2 aliphatic heterocycles. The number of hydrogen-bond acceptors (Lipinski definition) is 7. The van der Waals surface area contributed by atoms with Crippen LogP contribution in [0.2, 0.25) is 0 Å². The van der Waals surface area contributed by atoms with E-state index in [0.717, 1.165) is 21.8 Å². The average molecular weight is 522 g/mol. The summed E-state index contributed by atoms with van der Waals surface area (Å²) in [6.07, 6.45) is 0.781. The number of carbonyl (C=O) groups is 2. The van der Waals surface area contributed by atoms with Gasteiger partial charge < -0.3 is 24.8 Å². The first-order valence-corrected chi connectivity index (χ1v) is 13.3. The normalized spacial score (nSPS) is 19.3. The Morgan fingerprint density at radius 3 is 2.73 bits per heavy atom. The molecule has 0 aliphatic carbocycles. The largest absolute Gasteiger partial charge is 0.504 e. The third kappa shape index (κ3) is 5.00. The first kappa shape index (κ1) is 25.1. The summed E-state index contributed by atoms with van der Waals surface area (Å²) in [6, 6.07) is 10.5. The van der Waals surface area contributed by atoms with E-state index in [0.29, 0.717) is 41.6 Å². The maximum Gasteiger partial charge on any atom is 0.265 e. The Balaban J connectivity index is 1.51. The number of rotatable bonds is 3. The van der Waals surface area contributed by atoms with Gasteiger partial charge in [-0.1, -0.05) is 26.0 Å². The van der Waals surface area contributed by atoms with Crippen molar-refractivity contribution in [2.24, 2.45) is 0 Å². The molecule has 3 aromatic rings. The number of thiazole rings is 1. The van der Waals surface area contributed by atoms with Crippen LogP contribution in [0.3, 0.4) is 0 Å². The van der Waals surface area contributed by atoms with Crippen molar-refractivity contribution >= 4 is 23.2 Å². The van der Waals surface area contributed by atoms with Crippen molar-refractivity contribution in [2.75, 3.05) is 20.2 Å². The molecule has 3 heterocycles. The molecule has 1 aromatic heterocycles. The zero-order valence-corrected chi connectivity index (χ0v) is 22.2. The van der Waals surface area contributed by atoms with Crippen molar-refractivity contribution < 1.29 is 24.2 Å². The van der Waals surface area contributed by atoms with Gasteiger partial charge in [-0.25, -0.2) is 4.98 Å². The van der Waals surface area contributed by atoms with E-state index >= 15 is 0 Å². The minimum atomic E-state index is -0.257. The average Bonchev–Trinajstić information content (AvgIpc) is 3.47. The minimum Gasteiger partial charge on any atom is -0.504 e. The molecule has 2 N–H and O–H groups in total. The van der Waals surface area contributed by atoms with E-state index in [1.807, 2.05) is 30.0 Å². The fourth-order valence-corrected chi connectivity index (χ4v) is 5.95. The van der Waals surface area contributed by atoms with Gasteiger partial charge in [0.2, 0.25) is 5.91 Å². The molecule has 0 spiro atoms. The first-order valence-electron chi connectivity index (χ1n) is 12.5. The number of methoxy groups -OCH3 is 1. The Morgan fingerprint density at radius 2 is 2.00 bits per heavy atom. The van der Waals surface area contributed by atoms with Crippen LogP contribution >= 0.6 is 11.3 Å². The summed E-state index contributed by atoms with van der Waals surface area (Å²) in [6.45, 7) is 6.86. The second-order valence-electron chi connectivity index (χ2n) is 9.93. The third-order valence-corrected chi connectivity index (χ3v) is 8.40. The number of aromatic hydroxyl groups is 1. The molecule has 4 bridgehead atoms. The Labute approximate surface area is 220 Å². The fraction of sp³-hybridized carbons (Fsp3) is 0.393. The number of carbonyl (C=O) groups excluding carboxylic acids is 2. The molecule has 37 heavy (non-hydrogen) atoms. The van der Waals surface area contributed by atoms with Crippen LogP contribution < -0.4 is 14.8 Å². The number of nitrogens with zero attached hydrogens (tertiary/aromatic N) is 2. The molecule has 2 aromatic carbocycles. The van der Waals surface area contributed by atoms with Crippen molar-refractivity contribution in [1.82, 2.24) is 15.2 Å². The number of aryl methyl sites for hydroxylation is 2. The van der Waals surface area contributed by atoms with Crippen molar-refractivity contribution in [2.45, 2.75) is 51.5 Å². The summed E-state index contributed by atoms with van der Waals surface area (Å²) < 4.78 is 11.6. The van der Waals surface area contributed by atoms with Gasteiger partial charge in [-0.05, 0) is 48.7 Å². The van der Waals surface area contributed by atoms with Crippen LogP contribution in [0.4, 0.5) is 0 Å². The number of benzene rings is 2. The highest BCUT2D eigenvalue weighted by Crippen LogP contribution is 2.40. The minimum absolute atomic E-state index is 0.00624. The molecule has 2 atom stereocenters. The quantitative estimate of drug-likeness (QED) is 0.516. The zero-order chi connectivity index (χ0) is 26.3. The van der Waals surface area contributed by atoms with Gasteiger partial charge in [0.15, 0.2) is 23.0 Å². The van der Waals surface area contributed by atoms with Crippen LogP contribution in [0.15, 0.2) is 36.4 Å². The monoisotopic (exact) mass is 521 g/mol. The maximum absolute atomic E-state index is 13.6. The number of fused-ring (bicyclic) bond motifs is 6. The highest BCUT2D eigenvalue weighted by atomic mass is 32.1. The lowest BCUT2D eigenvalue weighted by Crippen LogP contribution is -2.40. The van der Waals surface area contributed by atoms with Crippen molar-refractivity contribution in [1.29, 1.82) is 0 Å². The van der Waals surface area contributed by atoms with Crippen LogP contribution in [0.25, 0.3) is 0 Å². The van der Waals surface area contributed by atoms with E-state index in [9.17, 15) is 14.7 Å². The second kappa shape index (κ2) is 10.0. The summed E-state index contributed by atoms with van der Waals surface area (Å²) in [5, 5.41) is 14.5. The summed E-state index contributed by atoms with van der Waals surface area (Å²) >= 11 is 1.45. The van der Waals surface area contributed by atoms with E-state index in [2.05, 4.69) is 24.1 Å². The van der Waals surface area contributed by atoms with Crippen LogP contribution in [0, 0.1) is 6.92 Å². The molecule has 2 aliphatic rings. The number of nitrogens with one attached hydrogen (secondary N) is 1. The molecular weight excluding hydrogens is 490 g/mol. The Morgan fingerprint density at radius 1 is 1.19 bits per heavy atom. The van der Waals surface area contributed by atoms with E-state index < -0.39 is 0 Å². The van der Waals surface area contributed by atoms with Gasteiger partial charge in [0, 0.05) is 31.3 Å². The maximum atomic E-state index is 13.6. The van der Waals surface area contributed by atoms with Gasteiger partial charge in [-0.15, -0.1) is 11.3 Å². The molecule has 5 rings (SSSR count). The van der Waals surface area contributed by atoms with Gasteiger partial charge in [-0.3, -0.25) is 9.59 Å². The Hall–Kier alpha value is -3.59. The molecule has 1 saturated heterocycles. The number of aromatic nitrogens is 1. The second-order valence-corrected chi connectivity index (χ2v) is 11.0. The Kier molecular flexibility index (Phi) is 6.81. The lowest BCUT2D eigenvalue weighted by Gasteiger charge is -2.21.